The van der Waals surface area contributed by atoms with Crippen LogP contribution in [0.25, 0.3) is 0 Å². The molecule has 0 aromatic carbocycles. The third-order valence-corrected chi connectivity index (χ3v) is 1.67. The molecule has 0 unspecified atom stereocenters. The molecule has 0 amide bonds. The van der Waals surface area contributed by atoms with E-state index in [1.165, 1.54) is 0 Å². The number of nitro groups is 1. The lowest BCUT2D eigenvalue weighted by Gasteiger charge is -1.99. The zero-order valence-electron chi connectivity index (χ0n) is 6.99. The molecule has 0 aliphatic rings. The van der Waals surface area contributed by atoms with E-state index in [9.17, 15) is 23.7 Å². The first-order valence-corrected chi connectivity index (χ1v) is 3.94. The molecule has 0 radical (unpaired) electrons. The van der Waals surface area contributed by atoms with Gasteiger partial charge in [0.05, 0.1) is 0 Å². The Morgan fingerprint density at radius 2 is 2.13 bits per heavy atom. The number of alkyl halides is 2. The summed E-state index contributed by atoms with van der Waals surface area (Å²) in [5, 5.41) is 9.17. The molecule has 0 aliphatic carbocycles. The number of halogens is 3. The summed E-state index contributed by atoms with van der Waals surface area (Å²) >= 11 is 4.99. The number of hydrogen-bond acceptors (Lipinski definition) is 4. The molecule has 0 N–H and O–H groups in total. The summed E-state index contributed by atoms with van der Waals surface area (Å²) in [6.45, 7) is 0. The summed E-state index contributed by atoms with van der Waals surface area (Å²) in [5.74, 6) is -0.836. The molecular weight excluding hydrogens is 234 g/mol. The summed E-state index contributed by atoms with van der Waals surface area (Å²) < 4.78 is 24.5. The Hall–Kier alpha value is -1.63. The molecule has 0 bridgehead atoms. The molecule has 1 aromatic rings. The number of hydrogen-bond donors (Lipinski definition) is 0. The predicted octanol–water partition coefficient (Wildman–Crippen LogP) is 2.31. The van der Waals surface area contributed by atoms with Crippen LogP contribution in [0.15, 0.2) is 12.1 Å². The van der Waals surface area contributed by atoms with E-state index in [-0.39, 0.29) is 0 Å². The number of rotatable bonds is 3. The van der Waals surface area contributed by atoms with Crippen LogP contribution in [0.2, 0.25) is 0 Å². The van der Waals surface area contributed by atoms with Crippen LogP contribution in [0.5, 0.6) is 0 Å². The zero-order chi connectivity index (χ0) is 11.6. The lowest BCUT2D eigenvalue weighted by molar-refractivity contribution is -0.389. The first-order chi connectivity index (χ1) is 6.91. The van der Waals surface area contributed by atoms with E-state index < -0.39 is 33.7 Å². The van der Waals surface area contributed by atoms with Crippen molar-refractivity contribution in [2.75, 3.05) is 0 Å². The van der Waals surface area contributed by atoms with Gasteiger partial charge in [0, 0.05) is 17.7 Å². The molecule has 5 nitrogen and oxygen atoms in total. The first kappa shape index (κ1) is 11.4. The summed E-state index contributed by atoms with van der Waals surface area (Å²) in [7, 11) is 0. The van der Waals surface area contributed by atoms with E-state index in [2.05, 4.69) is 4.98 Å². The molecule has 1 heterocycles. The van der Waals surface area contributed by atoms with E-state index in [4.69, 9.17) is 11.6 Å². The molecule has 0 saturated heterocycles. The molecule has 0 fully saturated rings. The van der Waals surface area contributed by atoms with Crippen LogP contribution in [0, 0.1) is 10.1 Å². The third kappa shape index (κ3) is 2.66. The Balaban J connectivity index is 3.32. The van der Waals surface area contributed by atoms with E-state index in [1.54, 1.807) is 0 Å². The summed E-state index contributed by atoms with van der Waals surface area (Å²) in [6.07, 6.45) is -2.93. The van der Waals surface area contributed by atoms with Crippen LogP contribution >= 0.6 is 11.6 Å². The van der Waals surface area contributed by atoms with Crippen LogP contribution in [0.3, 0.4) is 0 Å². The molecule has 0 spiro atoms. The van der Waals surface area contributed by atoms with Crippen LogP contribution in [0.1, 0.15) is 22.5 Å². The van der Waals surface area contributed by atoms with Crippen LogP contribution in [0.4, 0.5) is 14.6 Å². The minimum Gasteiger partial charge on any atom is -0.358 e. The summed E-state index contributed by atoms with van der Waals surface area (Å²) in [4.78, 5) is 23.1. The first-order valence-electron chi connectivity index (χ1n) is 3.56. The lowest BCUT2D eigenvalue weighted by Crippen LogP contribution is -2.01. The van der Waals surface area contributed by atoms with Crippen LogP contribution in [-0.4, -0.2) is 15.1 Å². The Labute approximate surface area is 86.8 Å². The monoisotopic (exact) mass is 236 g/mol. The highest BCUT2D eigenvalue weighted by atomic mass is 35.5. The Kier molecular flexibility index (Phi) is 3.25. The lowest BCUT2D eigenvalue weighted by atomic mass is 10.2. The van der Waals surface area contributed by atoms with E-state index in [1.807, 2.05) is 0 Å². The quantitative estimate of drug-likeness (QED) is 0.459. The van der Waals surface area contributed by atoms with Crippen molar-refractivity contribution in [1.82, 2.24) is 4.98 Å². The number of pyridine rings is 1. The minimum atomic E-state index is -2.93. The SMILES string of the molecule is O=C(Cl)c1cc(C(F)F)cc([N+](=O)[O-])n1. The minimum absolute atomic E-state index is 0.568. The van der Waals surface area contributed by atoms with Gasteiger partial charge in [-0.3, -0.25) is 4.79 Å². The van der Waals surface area contributed by atoms with Gasteiger partial charge in [0.1, 0.15) is 0 Å². The summed E-state index contributed by atoms with van der Waals surface area (Å²) in [5.41, 5.74) is -1.23. The Bertz CT molecular complexity index is 392. The summed E-state index contributed by atoms with van der Waals surface area (Å²) in [6, 6.07) is 1.31. The third-order valence-electron chi connectivity index (χ3n) is 1.47. The van der Waals surface area contributed by atoms with Crippen molar-refractivity contribution in [2.45, 2.75) is 6.43 Å². The van der Waals surface area contributed by atoms with Gasteiger partial charge in [-0.2, -0.15) is 0 Å². The van der Waals surface area contributed by atoms with E-state index in [0.29, 0.717) is 12.1 Å². The molecule has 80 valence electrons. The van der Waals surface area contributed by atoms with Gasteiger partial charge in [-0.25, -0.2) is 8.78 Å². The molecule has 0 saturated carbocycles. The molecule has 0 atom stereocenters. The van der Waals surface area contributed by atoms with Crippen molar-refractivity contribution in [3.8, 4) is 0 Å². The molecular formula is C7H3ClF2N2O3. The van der Waals surface area contributed by atoms with Gasteiger partial charge in [0.2, 0.25) is 5.69 Å². The van der Waals surface area contributed by atoms with Crippen LogP contribution in [-0.2, 0) is 0 Å². The van der Waals surface area contributed by atoms with Crippen molar-refractivity contribution in [1.29, 1.82) is 0 Å². The smallest absolute Gasteiger partial charge is 0.358 e. The molecule has 15 heavy (non-hydrogen) atoms. The van der Waals surface area contributed by atoms with Gasteiger partial charge in [-0.05, 0) is 21.5 Å². The highest BCUT2D eigenvalue weighted by Crippen LogP contribution is 2.23. The average Bonchev–Trinajstić information content (AvgIpc) is 2.16. The number of aromatic nitrogens is 1. The fraction of sp³-hybridized carbons (Fsp3) is 0.143. The van der Waals surface area contributed by atoms with Crippen molar-refractivity contribution in [3.05, 3.63) is 33.5 Å². The Morgan fingerprint density at radius 3 is 2.53 bits per heavy atom. The van der Waals surface area contributed by atoms with Gasteiger partial charge >= 0.3 is 5.82 Å². The molecule has 0 aliphatic heterocycles. The van der Waals surface area contributed by atoms with Crippen LogP contribution < -0.4 is 0 Å². The maximum atomic E-state index is 12.2. The highest BCUT2D eigenvalue weighted by molar-refractivity contribution is 6.67. The van der Waals surface area contributed by atoms with Crippen molar-refractivity contribution >= 4 is 22.7 Å². The Morgan fingerprint density at radius 1 is 1.53 bits per heavy atom. The topological polar surface area (TPSA) is 73.1 Å². The second-order valence-electron chi connectivity index (χ2n) is 2.48. The van der Waals surface area contributed by atoms with Gasteiger partial charge in [-0.1, -0.05) is 0 Å². The second-order valence-corrected chi connectivity index (χ2v) is 2.82. The van der Waals surface area contributed by atoms with Gasteiger partial charge < -0.3 is 10.1 Å². The zero-order valence-corrected chi connectivity index (χ0v) is 7.74. The number of nitrogens with zero attached hydrogens (tertiary/aromatic N) is 2. The molecule has 8 heteroatoms. The fourth-order valence-electron chi connectivity index (χ4n) is 0.857. The normalized spacial score (nSPS) is 10.4. The predicted molar refractivity (Wildman–Crippen MR) is 46.0 cm³/mol. The van der Waals surface area contributed by atoms with Crippen molar-refractivity contribution in [2.24, 2.45) is 0 Å². The largest absolute Gasteiger partial charge is 0.364 e. The van der Waals surface area contributed by atoms with Gasteiger partial charge in [-0.15, -0.1) is 0 Å². The number of carbonyl (C=O) groups excluding carboxylic acids is 1. The van der Waals surface area contributed by atoms with Crippen molar-refractivity contribution < 1.29 is 18.5 Å². The fourth-order valence-corrected chi connectivity index (χ4v) is 0.954. The average molecular weight is 237 g/mol. The van der Waals surface area contributed by atoms with Gasteiger partial charge in [0.15, 0.2) is 0 Å². The second kappa shape index (κ2) is 4.26. The van der Waals surface area contributed by atoms with E-state index >= 15 is 0 Å². The highest BCUT2D eigenvalue weighted by Gasteiger charge is 2.21. The standard InChI is InChI=1S/C7H3ClF2N2O3/c8-6(13)4-1-3(7(9)10)2-5(11-4)12(14)15/h1-2,7H. The van der Waals surface area contributed by atoms with Gasteiger partial charge in [0.25, 0.3) is 11.7 Å². The molecule has 1 aromatic heterocycles. The maximum absolute atomic E-state index is 12.2. The number of carbonyl (C=O) groups is 1. The molecule has 1 rings (SSSR count). The van der Waals surface area contributed by atoms with Crippen molar-refractivity contribution in [3.63, 3.8) is 0 Å². The van der Waals surface area contributed by atoms with E-state index in [0.717, 1.165) is 0 Å². The maximum Gasteiger partial charge on any atom is 0.364 e.